The Kier molecular flexibility index (Phi) is 5.97. The molecular formula is C21H26N2O3S. The predicted octanol–water partition coefficient (Wildman–Crippen LogP) is 2.40. The summed E-state index contributed by atoms with van der Waals surface area (Å²) >= 11 is 0. The zero-order valence-electron chi connectivity index (χ0n) is 15.7. The molecule has 3 rings (SSSR count). The third-order valence-corrected chi connectivity index (χ3v) is 6.91. The molecule has 0 aromatic heterocycles. The van der Waals surface area contributed by atoms with E-state index in [1.165, 1.54) is 0 Å². The molecule has 1 aliphatic heterocycles. The van der Waals surface area contributed by atoms with Crippen molar-refractivity contribution in [3.05, 3.63) is 71.8 Å². The lowest BCUT2D eigenvalue weighted by molar-refractivity contribution is -0.133. The molecule has 1 heterocycles. The summed E-state index contributed by atoms with van der Waals surface area (Å²) in [5.74, 6) is 0.130. The number of hydrogen-bond donors (Lipinski definition) is 1. The number of rotatable bonds is 6. The molecule has 0 spiro atoms. The molecule has 1 aliphatic rings. The molecule has 1 amide bonds. The second-order valence-corrected chi connectivity index (χ2v) is 9.38. The van der Waals surface area contributed by atoms with E-state index >= 15 is 0 Å². The van der Waals surface area contributed by atoms with E-state index in [0.29, 0.717) is 6.42 Å². The van der Waals surface area contributed by atoms with E-state index in [-0.39, 0.29) is 29.5 Å². The number of carbonyl (C=O) groups is 1. The van der Waals surface area contributed by atoms with E-state index < -0.39 is 15.9 Å². The molecule has 0 saturated carbocycles. The molecule has 27 heavy (non-hydrogen) atoms. The monoisotopic (exact) mass is 386 g/mol. The number of likely N-dealkylation sites (N-methyl/N-ethyl adjacent to an activating group) is 1. The van der Waals surface area contributed by atoms with Crippen molar-refractivity contribution >= 4 is 15.7 Å². The Morgan fingerprint density at radius 1 is 1.04 bits per heavy atom. The van der Waals surface area contributed by atoms with Gasteiger partial charge in [0.15, 0.2) is 9.84 Å². The fourth-order valence-corrected chi connectivity index (χ4v) is 5.34. The predicted molar refractivity (Wildman–Crippen MR) is 107 cm³/mol. The quantitative estimate of drug-likeness (QED) is 0.828. The first-order valence-electron chi connectivity index (χ1n) is 9.20. The minimum atomic E-state index is -3.02. The maximum Gasteiger partial charge on any atom is 0.239 e. The molecule has 1 saturated heterocycles. The summed E-state index contributed by atoms with van der Waals surface area (Å²) in [6.45, 7) is 1.83. The van der Waals surface area contributed by atoms with Crippen molar-refractivity contribution < 1.29 is 13.2 Å². The smallest absolute Gasteiger partial charge is 0.239 e. The van der Waals surface area contributed by atoms with Crippen LogP contribution in [0.15, 0.2) is 60.7 Å². The Morgan fingerprint density at radius 2 is 1.56 bits per heavy atom. The maximum absolute atomic E-state index is 12.9. The number of carbonyl (C=O) groups excluding carboxylic acids is 1. The summed E-state index contributed by atoms with van der Waals surface area (Å²) in [6, 6.07) is 19.2. The van der Waals surface area contributed by atoms with Gasteiger partial charge in [-0.1, -0.05) is 60.7 Å². The minimum absolute atomic E-state index is 0.0583. The Balaban J connectivity index is 1.76. The largest absolute Gasteiger partial charge is 0.340 e. The van der Waals surface area contributed by atoms with Crippen molar-refractivity contribution in [2.75, 3.05) is 18.6 Å². The van der Waals surface area contributed by atoms with Crippen LogP contribution in [0.1, 0.15) is 30.5 Å². The first-order chi connectivity index (χ1) is 12.9. The standard InChI is InChI=1S/C21H26N2O3S/c1-16(21(24)23(2)19-13-14-27(25,26)15-19)22-20(17-9-5-3-6-10-17)18-11-7-4-8-12-18/h3-12,16,19-20,22H,13-15H2,1-2H3. The van der Waals surface area contributed by atoms with E-state index in [9.17, 15) is 13.2 Å². The maximum atomic E-state index is 12.9. The molecule has 2 aromatic carbocycles. The van der Waals surface area contributed by atoms with Gasteiger partial charge in [-0.3, -0.25) is 10.1 Å². The van der Waals surface area contributed by atoms with Gasteiger partial charge in [-0.25, -0.2) is 8.42 Å². The lowest BCUT2D eigenvalue weighted by Crippen LogP contribution is -2.48. The average molecular weight is 387 g/mol. The van der Waals surface area contributed by atoms with Crippen LogP contribution in [-0.4, -0.2) is 49.9 Å². The van der Waals surface area contributed by atoms with Crippen molar-refractivity contribution in [2.45, 2.75) is 31.5 Å². The van der Waals surface area contributed by atoms with Crippen LogP contribution in [-0.2, 0) is 14.6 Å². The molecule has 2 atom stereocenters. The Labute approximate surface area is 161 Å². The number of sulfone groups is 1. The number of nitrogens with zero attached hydrogens (tertiary/aromatic N) is 1. The average Bonchev–Trinajstić information content (AvgIpc) is 3.06. The highest BCUT2D eigenvalue weighted by Gasteiger charge is 2.34. The van der Waals surface area contributed by atoms with Crippen LogP contribution >= 0.6 is 0 Å². The lowest BCUT2D eigenvalue weighted by Gasteiger charge is -2.30. The van der Waals surface area contributed by atoms with Crippen molar-refractivity contribution in [3.63, 3.8) is 0 Å². The van der Waals surface area contributed by atoms with Gasteiger partial charge in [0, 0.05) is 13.1 Å². The van der Waals surface area contributed by atoms with Gasteiger partial charge >= 0.3 is 0 Å². The van der Waals surface area contributed by atoms with Gasteiger partial charge < -0.3 is 4.90 Å². The SMILES string of the molecule is CC(NC(c1ccccc1)c1ccccc1)C(=O)N(C)C1CCS(=O)(=O)C1. The Morgan fingerprint density at radius 3 is 2.00 bits per heavy atom. The topological polar surface area (TPSA) is 66.5 Å². The van der Waals surface area contributed by atoms with Crippen molar-refractivity contribution in [1.82, 2.24) is 10.2 Å². The highest BCUT2D eigenvalue weighted by molar-refractivity contribution is 7.91. The highest BCUT2D eigenvalue weighted by atomic mass is 32.2. The lowest BCUT2D eigenvalue weighted by atomic mass is 9.97. The molecule has 0 bridgehead atoms. The molecule has 6 heteroatoms. The van der Waals surface area contributed by atoms with Crippen LogP contribution in [0.4, 0.5) is 0 Å². The fraction of sp³-hybridized carbons (Fsp3) is 0.381. The summed E-state index contributed by atoms with van der Waals surface area (Å²) in [4.78, 5) is 14.5. The third kappa shape index (κ3) is 4.76. The molecule has 2 aromatic rings. The molecular weight excluding hydrogens is 360 g/mol. The van der Waals surface area contributed by atoms with Gasteiger partial charge in [-0.15, -0.1) is 0 Å². The van der Waals surface area contributed by atoms with E-state index in [1.807, 2.05) is 67.6 Å². The summed E-state index contributed by atoms with van der Waals surface area (Å²) in [5.41, 5.74) is 2.16. The Bertz CT molecular complexity index is 829. The Hall–Kier alpha value is -2.18. The number of amides is 1. The first-order valence-corrected chi connectivity index (χ1v) is 11.0. The van der Waals surface area contributed by atoms with Gasteiger partial charge in [0.25, 0.3) is 0 Å². The number of nitrogens with one attached hydrogen (secondary N) is 1. The van der Waals surface area contributed by atoms with Crippen molar-refractivity contribution in [2.24, 2.45) is 0 Å². The van der Waals surface area contributed by atoms with Gasteiger partial charge in [0.2, 0.25) is 5.91 Å². The van der Waals surface area contributed by atoms with E-state index in [4.69, 9.17) is 0 Å². The molecule has 0 radical (unpaired) electrons. The van der Waals surface area contributed by atoms with Crippen LogP contribution in [0.3, 0.4) is 0 Å². The molecule has 1 fully saturated rings. The van der Waals surface area contributed by atoms with Gasteiger partial charge in [0.1, 0.15) is 0 Å². The third-order valence-electron chi connectivity index (χ3n) is 5.16. The van der Waals surface area contributed by atoms with E-state index in [1.54, 1.807) is 11.9 Å². The molecule has 2 unspecified atom stereocenters. The van der Waals surface area contributed by atoms with Crippen LogP contribution in [0.25, 0.3) is 0 Å². The minimum Gasteiger partial charge on any atom is -0.340 e. The molecule has 5 nitrogen and oxygen atoms in total. The highest BCUT2D eigenvalue weighted by Crippen LogP contribution is 2.23. The second kappa shape index (κ2) is 8.23. The van der Waals surface area contributed by atoms with Gasteiger partial charge in [0.05, 0.1) is 23.6 Å². The van der Waals surface area contributed by atoms with Gasteiger partial charge in [-0.2, -0.15) is 0 Å². The van der Waals surface area contributed by atoms with Crippen LogP contribution in [0, 0.1) is 0 Å². The summed E-state index contributed by atoms with van der Waals surface area (Å²) < 4.78 is 23.5. The van der Waals surface area contributed by atoms with Gasteiger partial charge in [-0.05, 0) is 24.5 Å². The summed E-state index contributed by atoms with van der Waals surface area (Å²) in [5, 5.41) is 3.43. The zero-order valence-corrected chi connectivity index (χ0v) is 16.5. The zero-order chi connectivity index (χ0) is 19.4. The van der Waals surface area contributed by atoms with Crippen LogP contribution < -0.4 is 5.32 Å². The van der Waals surface area contributed by atoms with Crippen LogP contribution in [0.2, 0.25) is 0 Å². The summed E-state index contributed by atoms with van der Waals surface area (Å²) in [7, 11) is -1.32. The number of benzene rings is 2. The molecule has 1 N–H and O–H groups in total. The van der Waals surface area contributed by atoms with Crippen molar-refractivity contribution in [3.8, 4) is 0 Å². The number of hydrogen-bond acceptors (Lipinski definition) is 4. The van der Waals surface area contributed by atoms with Crippen LogP contribution in [0.5, 0.6) is 0 Å². The normalized spacial score (nSPS) is 19.7. The second-order valence-electron chi connectivity index (χ2n) is 7.15. The van der Waals surface area contributed by atoms with Crippen molar-refractivity contribution in [1.29, 1.82) is 0 Å². The van der Waals surface area contributed by atoms with E-state index in [0.717, 1.165) is 11.1 Å². The molecule has 0 aliphatic carbocycles. The first kappa shape index (κ1) is 19.6. The van der Waals surface area contributed by atoms with E-state index in [2.05, 4.69) is 5.32 Å². The molecule has 144 valence electrons. The summed E-state index contributed by atoms with van der Waals surface area (Å²) in [6.07, 6.45) is 0.512. The fourth-order valence-electron chi connectivity index (χ4n) is 3.56.